The normalized spacial score (nSPS) is 36.3. The average Bonchev–Trinajstić information content (AvgIpc) is 2.86. The highest BCUT2D eigenvalue weighted by atomic mass is 16.3. The molecule has 1 fully saturated rings. The lowest BCUT2D eigenvalue weighted by Crippen LogP contribution is -2.13. The summed E-state index contributed by atoms with van der Waals surface area (Å²) in [4.78, 5) is 0. The fraction of sp³-hybridized carbons (Fsp3) is 0.833. The smallest absolute Gasteiger partial charge is 0.0780 e. The molecular formula is C12H20O. The van der Waals surface area contributed by atoms with Crippen LogP contribution in [-0.4, -0.2) is 11.2 Å². The summed E-state index contributed by atoms with van der Waals surface area (Å²) in [5.41, 5.74) is 1.34. The van der Waals surface area contributed by atoms with Crippen molar-refractivity contribution in [3.8, 4) is 0 Å². The first-order valence-corrected chi connectivity index (χ1v) is 5.66. The number of allylic oxidation sites excluding steroid dienone is 1. The van der Waals surface area contributed by atoms with Crippen molar-refractivity contribution in [1.29, 1.82) is 0 Å². The van der Waals surface area contributed by atoms with Crippen LogP contribution in [0, 0.1) is 11.8 Å². The second kappa shape index (κ2) is 3.83. The molecule has 3 atom stereocenters. The van der Waals surface area contributed by atoms with E-state index in [2.05, 4.69) is 13.0 Å². The van der Waals surface area contributed by atoms with Gasteiger partial charge in [-0.1, -0.05) is 19.4 Å². The number of hydrogen-bond donors (Lipinski definition) is 1. The molecule has 0 radical (unpaired) electrons. The molecule has 13 heavy (non-hydrogen) atoms. The van der Waals surface area contributed by atoms with Gasteiger partial charge in [0.2, 0.25) is 0 Å². The third-order valence-electron chi connectivity index (χ3n) is 3.53. The fourth-order valence-corrected chi connectivity index (χ4v) is 2.37. The largest absolute Gasteiger partial charge is 0.388 e. The van der Waals surface area contributed by atoms with Gasteiger partial charge in [-0.3, -0.25) is 0 Å². The zero-order chi connectivity index (χ0) is 9.26. The maximum Gasteiger partial charge on any atom is 0.0780 e. The highest BCUT2D eigenvalue weighted by Gasteiger charge is 2.39. The Balaban J connectivity index is 1.93. The number of hydrogen-bond acceptors (Lipinski definition) is 1. The minimum Gasteiger partial charge on any atom is -0.388 e. The van der Waals surface area contributed by atoms with E-state index in [4.69, 9.17) is 0 Å². The van der Waals surface area contributed by atoms with Gasteiger partial charge in [0.1, 0.15) is 0 Å². The average molecular weight is 180 g/mol. The van der Waals surface area contributed by atoms with Crippen molar-refractivity contribution < 1.29 is 5.11 Å². The summed E-state index contributed by atoms with van der Waals surface area (Å²) in [6.45, 7) is 2.24. The zero-order valence-corrected chi connectivity index (χ0v) is 8.50. The summed E-state index contributed by atoms with van der Waals surface area (Å²) in [5, 5.41) is 10.0. The third-order valence-corrected chi connectivity index (χ3v) is 3.53. The molecular weight excluding hydrogens is 160 g/mol. The molecule has 0 heterocycles. The van der Waals surface area contributed by atoms with Gasteiger partial charge in [-0.2, -0.15) is 0 Å². The molecule has 1 saturated carbocycles. The van der Waals surface area contributed by atoms with Crippen LogP contribution in [-0.2, 0) is 0 Å². The van der Waals surface area contributed by atoms with Crippen LogP contribution in [0.2, 0.25) is 0 Å². The van der Waals surface area contributed by atoms with Crippen molar-refractivity contribution in [1.82, 2.24) is 0 Å². The first kappa shape index (κ1) is 9.26. The number of rotatable bonds is 2. The Kier molecular flexibility index (Phi) is 2.73. The number of aliphatic hydroxyl groups excluding tert-OH is 1. The molecule has 74 valence electrons. The predicted molar refractivity (Wildman–Crippen MR) is 54.4 cm³/mol. The van der Waals surface area contributed by atoms with Crippen LogP contribution < -0.4 is 0 Å². The van der Waals surface area contributed by atoms with Gasteiger partial charge in [0.05, 0.1) is 6.10 Å². The minimum absolute atomic E-state index is 0.104. The molecule has 0 aliphatic heterocycles. The van der Waals surface area contributed by atoms with Crippen LogP contribution in [0.25, 0.3) is 0 Å². The summed E-state index contributed by atoms with van der Waals surface area (Å²) in [6, 6.07) is 0. The Labute approximate surface area is 80.8 Å². The van der Waals surface area contributed by atoms with Crippen LogP contribution in [0.15, 0.2) is 11.6 Å². The lowest BCUT2D eigenvalue weighted by molar-refractivity contribution is 0.177. The summed E-state index contributed by atoms with van der Waals surface area (Å²) < 4.78 is 0. The van der Waals surface area contributed by atoms with E-state index in [-0.39, 0.29) is 6.10 Å². The first-order chi connectivity index (χ1) is 6.29. The second-order valence-electron chi connectivity index (χ2n) is 4.70. The minimum atomic E-state index is -0.104. The van der Waals surface area contributed by atoms with Gasteiger partial charge in [0, 0.05) is 0 Å². The van der Waals surface area contributed by atoms with E-state index >= 15 is 0 Å². The van der Waals surface area contributed by atoms with Crippen LogP contribution in [0.1, 0.15) is 45.4 Å². The molecule has 1 N–H and O–H groups in total. The Hall–Kier alpha value is -0.300. The summed E-state index contributed by atoms with van der Waals surface area (Å²) in [7, 11) is 0. The van der Waals surface area contributed by atoms with E-state index in [1.165, 1.54) is 37.7 Å². The van der Waals surface area contributed by atoms with Gasteiger partial charge < -0.3 is 5.11 Å². The van der Waals surface area contributed by atoms with E-state index in [1.54, 1.807) is 0 Å². The first-order valence-electron chi connectivity index (χ1n) is 5.66. The topological polar surface area (TPSA) is 20.2 Å². The summed E-state index contributed by atoms with van der Waals surface area (Å²) in [5.74, 6) is 1.35. The fourth-order valence-electron chi connectivity index (χ4n) is 2.37. The van der Waals surface area contributed by atoms with E-state index in [9.17, 15) is 5.11 Å². The predicted octanol–water partition coefficient (Wildman–Crippen LogP) is 2.89. The van der Waals surface area contributed by atoms with Crippen molar-refractivity contribution in [2.24, 2.45) is 11.8 Å². The van der Waals surface area contributed by atoms with Crippen LogP contribution in [0.4, 0.5) is 0 Å². The third kappa shape index (κ3) is 2.14. The zero-order valence-electron chi connectivity index (χ0n) is 8.50. The summed E-state index contributed by atoms with van der Waals surface area (Å²) >= 11 is 0. The van der Waals surface area contributed by atoms with Crippen LogP contribution in [0.5, 0.6) is 0 Å². The molecule has 1 nitrogen and oxygen atoms in total. The Morgan fingerprint density at radius 2 is 2.15 bits per heavy atom. The lowest BCUT2D eigenvalue weighted by atomic mass is 10.00. The van der Waals surface area contributed by atoms with E-state index in [0.29, 0.717) is 5.92 Å². The monoisotopic (exact) mass is 180 g/mol. The van der Waals surface area contributed by atoms with Gasteiger partial charge in [-0.25, -0.2) is 0 Å². The van der Waals surface area contributed by atoms with Gasteiger partial charge in [0.25, 0.3) is 0 Å². The van der Waals surface area contributed by atoms with E-state index in [0.717, 1.165) is 12.3 Å². The van der Waals surface area contributed by atoms with E-state index in [1.807, 2.05) is 0 Å². The van der Waals surface area contributed by atoms with Gasteiger partial charge in [0.15, 0.2) is 0 Å². The molecule has 2 aliphatic rings. The van der Waals surface area contributed by atoms with Crippen molar-refractivity contribution in [2.75, 3.05) is 0 Å². The van der Waals surface area contributed by atoms with Crippen molar-refractivity contribution in [3.05, 3.63) is 11.6 Å². The molecule has 3 unspecified atom stereocenters. The highest BCUT2D eigenvalue weighted by Crippen LogP contribution is 2.43. The molecule has 0 aromatic heterocycles. The molecule has 0 aromatic carbocycles. The van der Waals surface area contributed by atoms with Gasteiger partial charge in [-0.15, -0.1) is 0 Å². The number of aliphatic hydroxyl groups is 1. The maximum absolute atomic E-state index is 10.0. The molecule has 0 spiro atoms. The molecule has 0 bridgehead atoms. The Morgan fingerprint density at radius 1 is 1.38 bits per heavy atom. The Bertz CT molecular complexity index is 207. The van der Waals surface area contributed by atoms with Gasteiger partial charge >= 0.3 is 0 Å². The second-order valence-corrected chi connectivity index (χ2v) is 4.70. The molecule has 0 amide bonds. The van der Waals surface area contributed by atoms with E-state index < -0.39 is 0 Å². The molecule has 2 aliphatic carbocycles. The van der Waals surface area contributed by atoms with Crippen LogP contribution >= 0.6 is 0 Å². The van der Waals surface area contributed by atoms with Gasteiger partial charge in [-0.05, 0) is 49.5 Å². The maximum atomic E-state index is 10.0. The molecule has 0 saturated heterocycles. The Morgan fingerprint density at radius 3 is 2.85 bits per heavy atom. The highest BCUT2D eigenvalue weighted by molar-refractivity contribution is 5.14. The summed E-state index contributed by atoms with van der Waals surface area (Å²) in [6.07, 6.45) is 9.69. The van der Waals surface area contributed by atoms with Crippen molar-refractivity contribution in [3.63, 3.8) is 0 Å². The lowest BCUT2D eigenvalue weighted by Gasteiger charge is -2.13. The SMILES string of the molecule is CC1CC1C(O)C1=CCCCCC1. The standard InChI is InChI=1S/C12H20O/c1-9-8-11(9)12(13)10-6-4-2-3-5-7-10/h6,9,11-13H,2-5,7-8H2,1H3. The van der Waals surface area contributed by atoms with Crippen molar-refractivity contribution >= 4 is 0 Å². The quantitative estimate of drug-likeness (QED) is 0.648. The molecule has 0 aromatic rings. The van der Waals surface area contributed by atoms with Crippen LogP contribution in [0.3, 0.4) is 0 Å². The van der Waals surface area contributed by atoms with Crippen molar-refractivity contribution in [2.45, 2.75) is 51.6 Å². The molecule has 1 heteroatoms. The molecule has 2 rings (SSSR count).